The minimum absolute atomic E-state index is 0.123. The summed E-state index contributed by atoms with van der Waals surface area (Å²) in [6.45, 7) is 1.84. The lowest BCUT2D eigenvalue weighted by Gasteiger charge is -2.26. The first kappa shape index (κ1) is 30.6. The smallest absolute Gasteiger partial charge is 0.338 e. The maximum Gasteiger partial charge on any atom is 0.338 e. The molecule has 230 valence electrons. The number of carbonyl (C=O) groups is 1. The summed E-state index contributed by atoms with van der Waals surface area (Å²) in [6.07, 6.45) is 4.80. The summed E-state index contributed by atoms with van der Waals surface area (Å²) < 4.78 is 12.7. The van der Waals surface area contributed by atoms with E-state index < -0.39 is 22.5 Å². The number of hydrogen-bond acceptors (Lipinski definition) is 11. The molecule has 0 bridgehead atoms. The summed E-state index contributed by atoms with van der Waals surface area (Å²) in [7, 11) is 1.54. The highest BCUT2D eigenvalue weighted by molar-refractivity contribution is 7.99. The summed E-state index contributed by atoms with van der Waals surface area (Å²) in [5, 5.41) is 12.1. The van der Waals surface area contributed by atoms with E-state index in [0.717, 1.165) is 11.3 Å². The number of nitrogens with zero attached hydrogens (tertiary/aromatic N) is 5. The number of nitro benzene ring substituents is 1. The molecule has 0 fully saturated rings. The van der Waals surface area contributed by atoms with Crippen molar-refractivity contribution in [2.45, 2.75) is 23.0 Å². The van der Waals surface area contributed by atoms with Gasteiger partial charge in [-0.2, -0.15) is 0 Å². The topological polar surface area (TPSA) is 139 Å². The molecule has 3 heterocycles. The van der Waals surface area contributed by atoms with Gasteiger partial charge < -0.3 is 9.47 Å². The van der Waals surface area contributed by atoms with Crippen LogP contribution in [-0.4, -0.2) is 39.1 Å². The van der Waals surface area contributed by atoms with E-state index in [4.69, 9.17) is 14.5 Å². The molecule has 46 heavy (non-hydrogen) atoms. The fraction of sp³-hybridized carbons (Fsp3) is 0.121. The van der Waals surface area contributed by atoms with Crippen molar-refractivity contribution in [2.75, 3.05) is 13.7 Å². The zero-order chi connectivity index (χ0) is 32.2. The molecule has 0 aliphatic carbocycles. The van der Waals surface area contributed by atoms with Crippen LogP contribution in [0.25, 0.3) is 11.8 Å². The lowest BCUT2D eigenvalue weighted by Crippen LogP contribution is -2.40. The molecule has 0 radical (unpaired) electrons. The molecule has 1 aliphatic heterocycles. The van der Waals surface area contributed by atoms with Gasteiger partial charge in [0, 0.05) is 35.0 Å². The normalized spacial score (nSPS) is 14.4. The quantitative estimate of drug-likeness (QED) is 0.0953. The van der Waals surface area contributed by atoms with E-state index in [1.165, 1.54) is 35.6 Å². The van der Waals surface area contributed by atoms with Gasteiger partial charge in [0.15, 0.2) is 9.96 Å². The molecule has 1 aliphatic rings. The monoisotopic (exact) mass is 651 g/mol. The molecular formula is C33H25N5O6S2. The number of thiazole rings is 1. The zero-order valence-corrected chi connectivity index (χ0v) is 26.2. The van der Waals surface area contributed by atoms with Crippen LogP contribution in [0.3, 0.4) is 0 Å². The molecule has 0 N–H and O–H groups in total. The Balaban J connectivity index is 1.62. The average Bonchev–Trinajstić information content (AvgIpc) is 3.39. The molecule has 6 rings (SSSR count). The van der Waals surface area contributed by atoms with Crippen molar-refractivity contribution in [1.82, 2.24) is 14.5 Å². The Morgan fingerprint density at radius 3 is 2.57 bits per heavy atom. The second kappa shape index (κ2) is 13.3. The number of hydrogen-bond donors (Lipinski definition) is 0. The van der Waals surface area contributed by atoms with Crippen molar-refractivity contribution >= 4 is 46.5 Å². The first-order valence-corrected chi connectivity index (χ1v) is 15.7. The molecule has 0 amide bonds. The molecule has 0 saturated heterocycles. The van der Waals surface area contributed by atoms with Crippen molar-refractivity contribution in [2.24, 2.45) is 4.99 Å². The number of benzene rings is 3. The van der Waals surface area contributed by atoms with Crippen molar-refractivity contribution < 1.29 is 19.2 Å². The first-order chi connectivity index (χ1) is 22.4. The summed E-state index contributed by atoms with van der Waals surface area (Å²) in [5.41, 5.74) is 1.75. The highest BCUT2D eigenvalue weighted by Crippen LogP contribution is 2.36. The molecule has 1 atom stereocenters. The fourth-order valence-corrected chi connectivity index (χ4v) is 6.79. The number of nitro groups is 1. The third kappa shape index (κ3) is 6.10. The van der Waals surface area contributed by atoms with Crippen LogP contribution in [0.1, 0.15) is 29.7 Å². The molecule has 5 aromatic rings. The van der Waals surface area contributed by atoms with Crippen LogP contribution < -0.4 is 19.6 Å². The Bertz CT molecular complexity index is 2160. The van der Waals surface area contributed by atoms with Gasteiger partial charge in [-0.15, -0.1) is 0 Å². The van der Waals surface area contributed by atoms with E-state index in [9.17, 15) is 19.7 Å². The van der Waals surface area contributed by atoms with E-state index >= 15 is 0 Å². The Morgan fingerprint density at radius 1 is 1.07 bits per heavy atom. The lowest BCUT2D eigenvalue weighted by atomic mass is 9.93. The predicted octanol–water partition coefficient (Wildman–Crippen LogP) is 4.79. The fourth-order valence-electron chi connectivity index (χ4n) is 5.00. The highest BCUT2D eigenvalue weighted by atomic mass is 32.2. The van der Waals surface area contributed by atoms with E-state index in [2.05, 4.69) is 9.97 Å². The Kier molecular flexibility index (Phi) is 8.85. The van der Waals surface area contributed by atoms with Gasteiger partial charge in [-0.25, -0.2) is 19.8 Å². The minimum Gasteiger partial charge on any atom is -0.497 e. The van der Waals surface area contributed by atoms with Crippen molar-refractivity contribution in [3.8, 4) is 5.75 Å². The number of esters is 1. The summed E-state index contributed by atoms with van der Waals surface area (Å²) >= 11 is 2.34. The van der Waals surface area contributed by atoms with Crippen LogP contribution >= 0.6 is 23.1 Å². The Morgan fingerprint density at radius 2 is 1.85 bits per heavy atom. The number of ether oxygens (including phenoxy) is 2. The third-order valence-electron chi connectivity index (χ3n) is 7.02. The van der Waals surface area contributed by atoms with E-state index in [1.807, 2.05) is 36.4 Å². The van der Waals surface area contributed by atoms with Gasteiger partial charge in [0.1, 0.15) is 5.75 Å². The Hall–Kier alpha value is -5.40. The van der Waals surface area contributed by atoms with Crippen molar-refractivity contribution in [1.29, 1.82) is 0 Å². The summed E-state index contributed by atoms with van der Waals surface area (Å²) in [6, 6.07) is 21.6. The van der Waals surface area contributed by atoms with Gasteiger partial charge in [-0.1, -0.05) is 53.8 Å². The van der Waals surface area contributed by atoms with Crippen LogP contribution in [0, 0.1) is 10.1 Å². The molecule has 2 aromatic heterocycles. The largest absolute Gasteiger partial charge is 0.497 e. The van der Waals surface area contributed by atoms with Crippen molar-refractivity contribution in [3.63, 3.8) is 0 Å². The predicted molar refractivity (Wildman–Crippen MR) is 173 cm³/mol. The summed E-state index contributed by atoms with van der Waals surface area (Å²) in [5.74, 6) is -0.0603. The first-order valence-electron chi connectivity index (χ1n) is 14.0. The number of fused-ring (bicyclic) bond motifs is 1. The van der Waals surface area contributed by atoms with E-state index in [1.54, 1.807) is 55.7 Å². The molecule has 11 nitrogen and oxygen atoms in total. The number of carbonyl (C=O) groups excluding carboxylic acids is 1. The maximum absolute atomic E-state index is 14.3. The van der Waals surface area contributed by atoms with E-state index in [-0.39, 0.29) is 22.4 Å². The number of non-ortho nitro benzene ring substituents is 1. The highest BCUT2D eigenvalue weighted by Gasteiger charge is 2.35. The molecule has 13 heteroatoms. The number of aromatic nitrogens is 3. The van der Waals surface area contributed by atoms with E-state index in [0.29, 0.717) is 43.0 Å². The van der Waals surface area contributed by atoms with Gasteiger partial charge in [-0.3, -0.25) is 19.5 Å². The summed E-state index contributed by atoms with van der Waals surface area (Å²) in [4.78, 5) is 53.5. The van der Waals surface area contributed by atoms with Gasteiger partial charge in [0.25, 0.3) is 11.2 Å². The van der Waals surface area contributed by atoms with Crippen LogP contribution in [0.4, 0.5) is 5.69 Å². The third-order valence-corrected chi connectivity index (χ3v) is 8.99. The molecule has 0 unspecified atom stereocenters. The SMILES string of the molecule is CCOC(=O)C1=C(c2ccccc2)N=c2s/c(=C/c3cc([N+](=O)[O-])ccc3Sc3ncccn3)c(=O)n2[C@@H]1c1cccc(OC)c1. The zero-order valence-electron chi connectivity index (χ0n) is 24.5. The van der Waals surface area contributed by atoms with Gasteiger partial charge >= 0.3 is 5.97 Å². The van der Waals surface area contributed by atoms with Gasteiger partial charge in [-0.05, 0) is 60.2 Å². The molecule has 3 aromatic carbocycles. The Labute approximate surface area is 270 Å². The number of rotatable bonds is 9. The minimum atomic E-state index is -0.903. The second-order valence-electron chi connectivity index (χ2n) is 9.82. The standard InChI is InChI=1S/C33H25N5O6S2/c1-3-44-31(40)27-28(20-9-5-4-6-10-20)36-33-37(29(27)21-11-7-12-24(18-21)43-2)30(39)26(46-33)19-22-17-23(38(41)42)13-14-25(22)45-32-34-15-8-16-35-32/h4-19,29H,3H2,1-2H3/b26-19+/t29-/m1/s1. The van der Waals surface area contributed by atoms with Crippen LogP contribution in [-0.2, 0) is 9.53 Å². The number of methoxy groups -OCH3 is 1. The van der Waals surface area contributed by atoms with Gasteiger partial charge in [0.2, 0.25) is 0 Å². The maximum atomic E-state index is 14.3. The van der Waals surface area contributed by atoms with Crippen LogP contribution in [0.15, 0.2) is 117 Å². The molecule has 0 saturated carbocycles. The lowest BCUT2D eigenvalue weighted by molar-refractivity contribution is -0.384. The van der Waals surface area contributed by atoms with Crippen LogP contribution in [0.2, 0.25) is 0 Å². The van der Waals surface area contributed by atoms with Crippen molar-refractivity contribution in [3.05, 3.63) is 143 Å². The van der Waals surface area contributed by atoms with Gasteiger partial charge in [0.05, 0.1) is 40.5 Å². The molecular weight excluding hydrogens is 627 g/mol. The molecule has 0 spiro atoms. The average molecular weight is 652 g/mol. The van der Waals surface area contributed by atoms with Crippen LogP contribution in [0.5, 0.6) is 5.75 Å². The second-order valence-corrected chi connectivity index (χ2v) is 11.8.